The van der Waals surface area contributed by atoms with E-state index >= 15 is 0 Å². The number of hydrogen-bond donors (Lipinski definition) is 2. The smallest absolute Gasteiger partial charge is 0.301 e. The molecule has 2 N–H and O–H groups in total. The molecule has 0 saturated heterocycles. The molecule has 4 aromatic carbocycles. The highest BCUT2D eigenvalue weighted by Crippen LogP contribution is 2.28. The third-order valence-corrected chi connectivity index (χ3v) is 10.8. The summed E-state index contributed by atoms with van der Waals surface area (Å²) in [5, 5.41) is 15.1. The van der Waals surface area contributed by atoms with Crippen molar-refractivity contribution in [2.75, 3.05) is 14.2 Å². The molecule has 62 heavy (non-hydrogen) atoms. The molecule has 0 unspecified atom stereocenters. The van der Waals surface area contributed by atoms with E-state index in [1.807, 2.05) is 119 Å². The van der Waals surface area contributed by atoms with E-state index in [4.69, 9.17) is 9.47 Å². The van der Waals surface area contributed by atoms with Crippen molar-refractivity contribution in [2.45, 2.75) is 39.5 Å². The van der Waals surface area contributed by atoms with Crippen molar-refractivity contribution in [2.24, 2.45) is 14.1 Å². The SMILES string of the molecule is COc1cc(/C=C/c2n[nH]c([C@@H](C)c3ccc(F)cc3)[n+]2C)ccc1-n1cnc(C)c1.COc1cc(/C=C/c2n[nH]c([C@H](C)c3ccc(F)cc3)[n+]2C)ccc1-n1cnc(C)c1. The number of hydrogen-bond acceptors (Lipinski definition) is 6. The number of aromatic amines is 2. The Hall–Kier alpha value is -7.48. The highest BCUT2D eigenvalue weighted by Gasteiger charge is 2.23. The summed E-state index contributed by atoms with van der Waals surface area (Å²) in [7, 11) is 7.24. The molecule has 8 aromatic rings. The van der Waals surface area contributed by atoms with Crippen LogP contribution in [-0.4, -0.2) is 53.7 Å². The molecule has 0 aliphatic heterocycles. The van der Waals surface area contributed by atoms with Crippen molar-refractivity contribution >= 4 is 24.3 Å². The van der Waals surface area contributed by atoms with Gasteiger partial charge in [-0.05, 0) is 111 Å². The first-order chi connectivity index (χ1) is 29.9. The van der Waals surface area contributed by atoms with Crippen LogP contribution in [0, 0.1) is 25.5 Å². The quantitative estimate of drug-likeness (QED) is 0.119. The second-order valence-corrected chi connectivity index (χ2v) is 15.0. The molecule has 0 fully saturated rings. The Bertz CT molecular complexity index is 2640. The molecule has 0 spiro atoms. The Morgan fingerprint density at radius 1 is 0.581 bits per heavy atom. The lowest BCUT2D eigenvalue weighted by atomic mass is 10.0. The van der Waals surface area contributed by atoms with E-state index in [1.54, 1.807) is 51.1 Å². The van der Waals surface area contributed by atoms with Gasteiger partial charge in [-0.15, -0.1) is 10.2 Å². The van der Waals surface area contributed by atoms with Gasteiger partial charge in [-0.3, -0.25) is 0 Å². The van der Waals surface area contributed by atoms with E-state index in [2.05, 4.69) is 44.2 Å². The predicted molar refractivity (Wildman–Crippen MR) is 235 cm³/mol. The van der Waals surface area contributed by atoms with Gasteiger partial charge in [-0.25, -0.2) is 27.9 Å². The number of methoxy groups -OCH3 is 2. The summed E-state index contributed by atoms with van der Waals surface area (Å²) in [6.45, 7) is 8.04. The molecule has 12 nitrogen and oxygen atoms in total. The topological polar surface area (TPSA) is 119 Å². The van der Waals surface area contributed by atoms with E-state index in [0.29, 0.717) is 0 Å². The first kappa shape index (κ1) is 42.6. The molecular weight excluding hydrogens is 787 g/mol. The maximum Gasteiger partial charge on any atom is 0.301 e. The van der Waals surface area contributed by atoms with Crippen LogP contribution in [0.15, 0.2) is 110 Å². The molecule has 0 aliphatic carbocycles. The molecule has 0 bridgehead atoms. The maximum atomic E-state index is 13.2. The van der Waals surface area contributed by atoms with Gasteiger partial charge in [0.25, 0.3) is 0 Å². The molecule has 8 rings (SSSR count). The second-order valence-electron chi connectivity index (χ2n) is 15.0. The fourth-order valence-electron chi connectivity index (χ4n) is 7.14. The van der Waals surface area contributed by atoms with Crippen LogP contribution in [0.4, 0.5) is 8.78 Å². The van der Waals surface area contributed by atoms with Gasteiger partial charge in [-0.1, -0.05) is 36.4 Å². The van der Waals surface area contributed by atoms with E-state index in [1.165, 1.54) is 24.3 Å². The van der Waals surface area contributed by atoms with Crippen LogP contribution in [0.2, 0.25) is 0 Å². The number of rotatable bonds is 12. The van der Waals surface area contributed by atoms with Gasteiger partial charge < -0.3 is 18.6 Å². The van der Waals surface area contributed by atoms with Gasteiger partial charge >= 0.3 is 11.6 Å². The average Bonchev–Trinajstić information content (AvgIpc) is 4.09. The van der Waals surface area contributed by atoms with Gasteiger partial charge in [0.1, 0.15) is 23.1 Å². The Labute approximate surface area is 359 Å². The second kappa shape index (κ2) is 18.8. The number of ether oxygens (including phenoxy) is 2. The van der Waals surface area contributed by atoms with Gasteiger partial charge in [0.15, 0.2) is 0 Å². The lowest BCUT2D eigenvalue weighted by molar-refractivity contribution is -0.681. The Morgan fingerprint density at radius 3 is 1.31 bits per heavy atom. The van der Waals surface area contributed by atoms with Crippen LogP contribution in [0.3, 0.4) is 0 Å². The molecule has 4 heterocycles. The van der Waals surface area contributed by atoms with Gasteiger partial charge in [-0.2, -0.15) is 0 Å². The highest BCUT2D eigenvalue weighted by atomic mass is 19.1. The van der Waals surface area contributed by atoms with Crippen LogP contribution in [-0.2, 0) is 14.1 Å². The van der Waals surface area contributed by atoms with Crippen LogP contribution in [0.25, 0.3) is 35.7 Å². The molecular formula is C48H50F2N10O2+2. The third-order valence-electron chi connectivity index (χ3n) is 10.8. The van der Waals surface area contributed by atoms with Crippen molar-refractivity contribution in [3.8, 4) is 22.9 Å². The number of nitrogens with one attached hydrogen (secondary N) is 2. The van der Waals surface area contributed by atoms with Crippen LogP contribution in [0.1, 0.15) is 82.6 Å². The summed E-state index contributed by atoms with van der Waals surface area (Å²) >= 11 is 0. The lowest BCUT2D eigenvalue weighted by Crippen LogP contribution is -2.35. The number of benzene rings is 4. The predicted octanol–water partition coefficient (Wildman–Crippen LogP) is 8.40. The minimum atomic E-state index is -0.238. The zero-order valence-electron chi connectivity index (χ0n) is 36.0. The Kier molecular flexibility index (Phi) is 13.0. The normalized spacial score (nSPS) is 12.4. The van der Waals surface area contributed by atoms with Gasteiger partial charge in [0.2, 0.25) is 11.6 Å². The molecule has 2 atom stereocenters. The fraction of sp³-hybridized carbons (Fsp3) is 0.208. The monoisotopic (exact) mass is 836 g/mol. The molecule has 4 aromatic heterocycles. The van der Waals surface area contributed by atoms with E-state index in [9.17, 15) is 8.78 Å². The fourth-order valence-corrected chi connectivity index (χ4v) is 7.14. The number of aromatic nitrogens is 10. The maximum absolute atomic E-state index is 13.2. The molecule has 316 valence electrons. The van der Waals surface area contributed by atoms with E-state index in [-0.39, 0.29) is 23.5 Å². The Morgan fingerprint density at radius 2 is 0.968 bits per heavy atom. The number of halogens is 2. The van der Waals surface area contributed by atoms with Crippen LogP contribution in [0.5, 0.6) is 11.5 Å². The minimum Gasteiger partial charge on any atom is -0.495 e. The summed E-state index contributed by atoms with van der Waals surface area (Å²) in [4.78, 5) is 8.56. The van der Waals surface area contributed by atoms with Crippen molar-refractivity contribution in [1.29, 1.82) is 0 Å². The number of aryl methyl sites for hydroxylation is 2. The van der Waals surface area contributed by atoms with E-state index in [0.717, 1.165) is 79.8 Å². The van der Waals surface area contributed by atoms with E-state index < -0.39 is 0 Å². The molecule has 0 aliphatic rings. The van der Waals surface area contributed by atoms with Crippen molar-refractivity contribution < 1.29 is 27.4 Å². The average molecular weight is 837 g/mol. The number of imidazole rings is 2. The summed E-state index contributed by atoms with van der Waals surface area (Å²) in [5.74, 6) is 4.61. The van der Waals surface area contributed by atoms with Crippen molar-refractivity contribution in [3.63, 3.8) is 0 Å². The molecule has 0 saturated carbocycles. The van der Waals surface area contributed by atoms with Crippen molar-refractivity contribution in [3.05, 3.63) is 179 Å². The van der Waals surface area contributed by atoms with Crippen LogP contribution < -0.4 is 18.6 Å². The largest absolute Gasteiger partial charge is 0.495 e. The molecule has 0 amide bonds. The summed E-state index contributed by atoms with van der Waals surface area (Å²) in [6, 6.07) is 25.1. The standard InChI is InChI=1S/2C24H24FN5O/c2*1-16-14-30(15-26-16)21-11-5-18(13-22(21)31-4)6-12-23-27-28-24(29(23)3)17(2)19-7-9-20(25)10-8-19/h2*5-15,17H,1-4H3/p+2/b2*12-6+/t2*17-/m10/s1. The zero-order chi connectivity index (χ0) is 43.9. The van der Waals surface area contributed by atoms with Gasteiger partial charge in [0.05, 0.1) is 75.6 Å². The third kappa shape index (κ3) is 9.60. The van der Waals surface area contributed by atoms with Gasteiger partial charge in [0, 0.05) is 34.7 Å². The summed E-state index contributed by atoms with van der Waals surface area (Å²) in [5.41, 5.74) is 7.78. The minimum absolute atomic E-state index is 0.0539. The zero-order valence-corrected chi connectivity index (χ0v) is 36.0. The first-order valence-electron chi connectivity index (χ1n) is 20.1. The summed E-state index contributed by atoms with van der Waals surface area (Å²) in [6.07, 6.45) is 15.4. The summed E-state index contributed by atoms with van der Waals surface area (Å²) < 4.78 is 45.5. The number of nitrogens with zero attached hydrogens (tertiary/aromatic N) is 8. The van der Waals surface area contributed by atoms with Crippen molar-refractivity contribution in [1.82, 2.24) is 39.5 Å². The first-order valence-corrected chi connectivity index (χ1v) is 20.1. The Balaban J connectivity index is 0.000000186. The molecule has 14 heteroatoms. The number of H-pyrrole nitrogens is 2. The van der Waals surface area contributed by atoms with Crippen LogP contribution >= 0.6 is 0 Å². The molecule has 0 radical (unpaired) electrons. The highest BCUT2D eigenvalue weighted by molar-refractivity contribution is 5.69. The lowest BCUT2D eigenvalue weighted by Gasteiger charge is -2.09.